The number of rotatable bonds is 4. The van der Waals surface area contributed by atoms with Crippen molar-refractivity contribution in [2.75, 3.05) is 11.9 Å². The molecule has 4 heteroatoms. The molecule has 0 spiro atoms. The first-order chi connectivity index (χ1) is 10.1. The summed E-state index contributed by atoms with van der Waals surface area (Å²) < 4.78 is 0. The van der Waals surface area contributed by atoms with Crippen molar-refractivity contribution in [1.82, 2.24) is 5.32 Å². The van der Waals surface area contributed by atoms with Gasteiger partial charge < -0.3 is 10.6 Å². The molecule has 0 bridgehead atoms. The Morgan fingerprint density at radius 1 is 1.24 bits per heavy atom. The Kier molecular flexibility index (Phi) is 3.72. The molecule has 2 aromatic rings. The van der Waals surface area contributed by atoms with E-state index >= 15 is 0 Å². The van der Waals surface area contributed by atoms with Gasteiger partial charge in [0.2, 0.25) is 0 Å². The average Bonchev–Trinajstić information content (AvgIpc) is 3.04. The molecule has 2 amide bonds. The van der Waals surface area contributed by atoms with E-state index in [0.717, 1.165) is 18.5 Å². The van der Waals surface area contributed by atoms with Crippen LogP contribution in [-0.4, -0.2) is 12.6 Å². The fourth-order valence-electron chi connectivity index (χ4n) is 2.53. The van der Waals surface area contributed by atoms with Crippen molar-refractivity contribution in [3.63, 3.8) is 0 Å². The van der Waals surface area contributed by atoms with E-state index in [1.54, 1.807) is 11.3 Å². The first kappa shape index (κ1) is 14.1. The number of hydrogen-bond donors (Lipinski definition) is 2. The van der Waals surface area contributed by atoms with E-state index in [9.17, 15) is 4.79 Å². The molecule has 1 saturated carbocycles. The molecule has 110 valence electrons. The zero-order valence-electron chi connectivity index (χ0n) is 12.4. The summed E-state index contributed by atoms with van der Waals surface area (Å²) in [6.45, 7) is 4.82. The Hall–Kier alpha value is -1.81. The highest BCUT2D eigenvalue weighted by Crippen LogP contribution is 2.48. The van der Waals surface area contributed by atoms with Crippen molar-refractivity contribution >= 4 is 23.1 Å². The van der Waals surface area contributed by atoms with Crippen LogP contribution in [-0.2, 0) is 5.41 Å². The van der Waals surface area contributed by atoms with E-state index in [1.807, 2.05) is 25.1 Å². The number of hydrogen-bond acceptors (Lipinski definition) is 2. The molecule has 0 radical (unpaired) electrons. The lowest BCUT2D eigenvalue weighted by atomic mass is 9.99. The number of urea groups is 1. The monoisotopic (exact) mass is 300 g/mol. The maximum absolute atomic E-state index is 12.0. The van der Waals surface area contributed by atoms with Crippen LogP contribution in [0.3, 0.4) is 0 Å². The van der Waals surface area contributed by atoms with E-state index < -0.39 is 0 Å². The Labute approximate surface area is 129 Å². The lowest BCUT2D eigenvalue weighted by Crippen LogP contribution is -2.35. The largest absolute Gasteiger partial charge is 0.337 e. The molecule has 1 aliphatic carbocycles. The molecule has 1 aromatic carbocycles. The maximum atomic E-state index is 12.0. The summed E-state index contributed by atoms with van der Waals surface area (Å²) in [7, 11) is 0. The van der Waals surface area contributed by atoms with Crippen LogP contribution in [0.25, 0.3) is 0 Å². The minimum absolute atomic E-state index is 0.125. The fourth-order valence-corrected chi connectivity index (χ4v) is 3.31. The molecule has 1 aliphatic rings. The highest BCUT2D eigenvalue weighted by Gasteiger charge is 2.44. The molecule has 3 rings (SSSR count). The number of thiophene rings is 1. The second kappa shape index (κ2) is 5.53. The van der Waals surface area contributed by atoms with Gasteiger partial charge in [-0.25, -0.2) is 4.79 Å². The van der Waals surface area contributed by atoms with Crippen LogP contribution in [0.15, 0.2) is 35.0 Å². The van der Waals surface area contributed by atoms with Gasteiger partial charge in [0.1, 0.15) is 0 Å². The van der Waals surface area contributed by atoms with E-state index in [4.69, 9.17) is 0 Å². The van der Waals surface area contributed by atoms with E-state index in [2.05, 4.69) is 34.4 Å². The van der Waals surface area contributed by atoms with Crippen LogP contribution in [0, 0.1) is 13.8 Å². The van der Waals surface area contributed by atoms with Crippen molar-refractivity contribution in [3.05, 3.63) is 51.7 Å². The van der Waals surface area contributed by atoms with Gasteiger partial charge in [-0.3, -0.25) is 0 Å². The normalized spacial score (nSPS) is 15.5. The van der Waals surface area contributed by atoms with Gasteiger partial charge in [-0.1, -0.05) is 6.07 Å². The lowest BCUT2D eigenvalue weighted by molar-refractivity contribution is 0.251. The molecule has 1 aromatic heterocycles. The van der Waals surface area contributed by atoms with Gasteiger partial charge in [0.15, 0.2) is 0 Å². The standard InChI is InChI=1S/C17H20N2OS/c1-12-3-4-15(9-13(12)2)19-16(20)18-11-17(6-7-17)14-5-8-21-10-14/h3-5,8-10H,6-7,11H2,1-2H3,(H2,18,19,20). The van der Waals surface area contributed by atoms with E-state index in [-0.39, 0.29) is 11.4 Å². The molecule has 3 nitrogen and oxygen atoms in total. The van der Waals surface area contributed by atoms with Crippen LogP contribution < -0.4 is 10.6 Å². The number of anilines is 1. The highest BCUT2D eigenvalue weighted by atomic mass is 32.1. The summed E-state index contributed by atoms with van der Waals surface area (Å²) >= 11 is 1.72. The van der Waals surface area contributed by atoms with Gasteiger partial charge in [-0.15, -0.1) is 0 Å². The number of benzene rings is 1. The van der Waals surface area contributed by atoms with Crippen LogP contribution in [0.2, 0.25) is 0 Å². The van der Waals surface area contributed by atoms with Crippen molar-refractivity contribution in [3.8, 4) is 0 Å². The number of nitrogens with one attached hydrogen (secondary N) is 2. The average molecular weight is 300 g/mol. The second-order valence-electron chi connectivity index (χ2n) is 5.90. The first-order valence-corrected chi connectivity index (χ1v) is 8.18. The third kappa shape index (κ3) is 3.10. The van der Waals surface area contributed by atoms with Gasteiger partial charge in [0.05, 0.1) is 0 Å². The summed E-state index contributed by atoms with van der Waals surface area (Å²) in [4.78, 5) is 12.0. The van der Waals surface area contributed by atoms with Gasteiger partial charge in [-0.2, -0.15) is 11.3 Å². The summed E-state index contributed by atoms with van der Waals surface area (Å²) in [5.74, 6) is 0. The molecule has 0 atom stereocenters. The van der Waals surface area contributed by atoms with Crippen molar-refractivity contribution < 1.29 is 4.79 Å². The van der Waals surface area contributed by atoms with Gasteiger partial charge in [0.25, 0.3) is 0 Å². The van der Waals surface area contributed by atoms with Gasteiger partial charge >= 0.3 is 6.03 Å². The Morgan fingerprint density at radius 3 is 2.67 bits per heavy atom. The van der Waals surface area contributed by atoms with Crippen molar-refractivity contribution in [2.24, 2.45) is 0 Å². The lowest BCUT2D eigenvalue weighted by Gasteiger charge is -2.15. The van der Waals surface area contributed by atoms with Crippen LogP contribution in [0.5, 0.6) is 0 Å². The molecule has 1 fully saturated rings. The quantitative estimate of drug-likeness (QED) is 0.872. The zero-order valence-corrected chi connectivity index (χ0v) is 13.2. The highest BCUT2D eigenvalue weighted by molar-refractivity contribution is 7.08. The van der Waals surface area contributed by atoms with Gasteiger partial charge in [0, 0.05) is 17.6 Å². The smallest absolute Gasteiger partial charge is 0.319 e. The number of carbonyl (C=O) groups excluding carboxylic acids is 1. The Bertz CT molecular complexity index is 645. The summed E-state index contributed by atoms with van der Waals surface area (Å²) in [5, 5.41) is 10.2. The third-order valence-corrected chi connectivity index (χ3v) is 5.02. The van der Waals surface area contributed by atoms with Crippen LogP contribution in [0.4, 0.5) is 10.5 Å². The fraction of sp³-hybridized carbons (Fsp3) is 0.353. The molecule has 0 unspecified atom stereocenters. The third-order valence-electron chi connectivity index (χ3n) is 4.34. The molecular weight excluding hydrogens is 280 g/mol. The van der Waals surface area contributed by atoms with Crippen LogP contribution >= 0.6 is 11.3 Å². The van der Waals surface area contributed by atoms with Crippen LogP contribution in [0.1, 0.15) is 29.5 Å². The predicted molar refractivity (Wildman–Crippen MR) is 88.2 cm³/mol. The minimum atomic E-state index is -0.125. The molecular formula is C17H20N2OS. The SMILES string of the molecule is Cc1ccc(NC(=O)NCC2(c3ccsc3)CC2)cc1C. The van der Waals surface area contributed by atoms with E-state index in [0.29, 0.717) is 6.54 Å². The van der Waals surface area contributed by atoms with Crippen molar-refractivity contribution in [1.29, 1.82) is 0 Å². The zero-order chi connectivity index (χ0) is 14.9. The predicted octanol–water partition coefficient (Wildman–Crippen LogP) is 4.22. The molecule has 0 aliphatic heterocycles. The molecule has 0 saturated heterocycles. The van der Waals surface area contributed by atoms with E-state index in [1.165, 1.54) is 16.7 Å². The minimum Gasteiger partial charge on any atom is -0.337 e. The number of amides is 2. The maximum Gasteiger partial charge on any atom is 0.319 e. The summed E-state index contributed by atoms with van der Waals surface area (Å²) in [6.07, 6.45) is 2.32. The molecule has 2 N–H and O–H groups in total. The summed E-state index contributed by atoms with van der Waals surface area (Å²) in [6, 6.07) is 8.01. The number of carbonyl (C=O) groups is 1. The Morgan fingerprint density at radius 2 is 2.05 bits per heavy atom. The topological polar surface area (TPSA) is 41.1 Å². The Balaban J connectivity index is 1.56. The van der Waals surface area contributed by atoms with Gasteiger partial charge in [-0.05, 0) is 72.3 Å². The van der Waals surface area contributed by atoms with Crippen molar-refractivity contribution in [2.45, 2.75) is 32.1 Å². The first-order valence-electron chi connectivity index (χ1n) is 7.24. The second-order valence-corrected chi connectivity index (χ2v) is 6.68. The number of aryl methyl sites for hydroxylation is 2. The molecule has 21 heavy (non-hydrogen) atoms. The molecule has 1 heterocycles. The summed E-state index contributed by atoms with van der Waals surface area (Å²) in [5.41, 5.74) is 4.80.